The second-order valence-electron chi connectivity index (χ2n) is 5.12. The third-order valence-corrected chi connectivity index (χ3v) is 3.79. The molecule has 0 unspecified atom stereocenters. The van der Waals surface area contributed by atoms with Crippen molar-refractivity contribution in [3.8, 4) is 0 Å². The number of ketones is 2. The minimum Gasteiger partial charge on any atom is -0.597 e. The molecule has 0 bridgehead atoms. The Morgan fingerprint density at radius 2 is 1.68 bits per heavy atom. The van der Waals surface area contributed by atoms with Crippen LogP contribution in [0.1, 0.15) is 57.8 Å². The Bertz CT molecular complexity index is 285. The third kappa shape index (κ3) is 7.70. The van der Waals surface area contributed by atoms with Gasteiger partial charge < -0.3 is 10.9 Å². The van der Waals surface area contributed by atoms with Gasteiger partial charge in [-0.05, 0) is 12.8 Å². The molecule has 1 aliphatic heterocycles. The quantitative estimate of drug-likeness (QED) is 0.728. The van der Waals surface area contributed by atoms with E-state index in [0.29, 0.717) is 37.2 Å². The summed E-state index contributed by atoms with van der Waals surface area (Å²) >= 11 is 4.18. The van der Waals surface area contributed by atoms with Crippen LogP contribution in [-0.4, -0.2) is 29.9 Å². The first-order valence-corrected chi connectivity index (χ1v) is 7.94. The van der Waals surface area contributed by atoms with Crippen LogP contribution in [0.25, 0.3) is 5.43 Å². The molecule has 0 saturated carbocycles. The number of nitrogens with zero attached hydrogens (tertiary/aromatic N) is 1. The van der Waals surface area contributed by atoms with Crippen LogP contribution in [0, 0.1) is 0 Å². The SMILES string of the molecule is O=C1CCCCCCC[N-]N[C@H](CS)C(=O)CCC1. The van der Waals surface area contributed by atoms with E-state index in [1.807, 2.05) is 0 Å². The summed E-state index contributed by atoms with van der Waals surface area (Å²) in [5.41, 5.74) is 7.13. The van der Waals surface area contributed by atoms with Crippen molar-refractivity contribution in [3.05, 3.63) is 5.43 Å². The van der Waals surface area contributed by atoms with Gasteiger partial charge in [-0.2, -0.15) is 12.6 Å². The Morgan fingerprint density at radius 3 is 2.47 bits per heavy atom. The average Bonchev–Trinajstić information content (AvgIpc) is 2.40. The molecule has 0 amide bonds. The standard InChI is InChI=1S/C14H25N2O2S/c17-12-7-4-2-1-3-5-10-15-16-13(11-19)14(18)9-6-8-12/h13,16,19H,1-11H2/q-1/t13-/m1/s1. The summed E-state index contributed by atoms with van der Waals surface area (Å²) in [5, 5.41) is 0. The van der Waals surface area contributed by atoms with Gasteiger partial charge in [-0.15, -0.1) is 6.54 Å². The summed E-state index contributed by atoms with van der Waals surface area (Å²) in [7, 11) is 0. The first kappa shape index (κ1) is 16.7. The molecule has 4 nitrogen and oxygen atoms in total. The lowest BCUT2D eigenvalue weighted by Gasteiger charge is -2.27. The number of rotatable bonds is 1. The van der Waals surface area contributed by atoms with Gasteiger partial charge in [-0.25, -0.2) is 0 Å². The van der Waals surface area contributed by atoms with Gasteiger partial charge in [0.15, 0.2) is 0 Å². The van der Waals surface area contributed by atoms with Gasteiger partial charge in [-0.1, -0.05) is 25.7 Å². The summed E-state index contributed by atoms with van der Waals surface area (Å²) in [6, 6.07) is -0.302. The van der Waals surface area contributed by atoms with Crippen LogP contribution >= 0.6 is 12.6 Å². The number of hydrogen-bond donors (Lipinski definition) is 2. The molecule has 1 aliphatic rings. The van der Waals surface area contributed by atoms with Gasteiger partial charge in [0.1, 0.15) is 11.6 Å². The first-order chi connectivity index (χ1) is 9.24. The molecule has 19 heavy (non-hydrogen) atoms. The van der Waals surface area contributed by atoms with Crippen LogP contribution in [0.4, 0.5) is 0 Å². The maximum absolute atomic E-state index is 11.9. The van der Waals surface area contributed by atoms with E-state index >= 15 is 0 Å². The zero-order valence-electron chi connectivity index (χ0n) is 11.6. The van der Waals surface area contributed by atoms with Crippen molar-refractivity contribution in [2.45, 2.75) is 63.8 Å². The van der Waals surface area contributed by atoms with Crippen LogP contribution < -0.4 is 5.43 Å². The summed E-state index contributed by atoms with van der Waals surface area (Å²) in [4.78, 5) is 23.5. The van der Waals surface area contributed by atoms with Crippen LogP contribution in [0.15, 0.2) is 0 Å². The molecule has 0 aliphatic carbocycles. The Morgan fingerprint density at radius 1 is 1.00 bits per heavy atom. The lowest BCUT2D eigenvalue weighted by Crippen LogP contribution is -2.36. The van der Waals surface area contributed by atoms with Crippen molar-refractivity contribution in [3.63, 3.8) is 0 Å². The largest absolute Gasteiger partial charge is 0.597 e. The molecule has 1 rings (SSSR count). The summed E-state index contributed by atoms with van der Waals surface area (Å²) in [6.45, 7) is 0.747. The van der Waals surface area contributed by atoms with E-state index < -0.39 is 0 Å². The molecule has 1 N–H and O–H groups in total. The molecular weight excluding hydrogens is 260 g/mol. The minimum absolute atomic E-state index is 0.112. The molecule has 0 radical (unpaired) electrons. The average molecular weight is 285 g/mol. The highest BCUT2D eigenvalue weighted by Gasteiger charge is 2.13. The highest BCUT2D eigenvalue weighted by molar-refractivity contribution is 7.80. The zero-order chi connectivity index (χ0) is 13.9. The number of hydrogen-bond acceptors (Lipinski definition) is 4. The van der Waals surface area contributed by atoms with Gasteiger partial charge in [0, 0.05) is 25.0 Å². The maximum atomic E-state index is 11.9. The fourth-order valence-corrected chi connectivity index (χ4v) is 2.48. The van der Waals surface area contributed by atoms with E-state index in [9.17, 15) is 9.59 Å². The van der Waals surface area contributed by atoms with E-state index in [2.05, 4.69) is 23.5 Å². The van der Waals surface area contributed by atoms with E-state index in [1.54, 1.807) is 0 Å². The smallest absolute Gasteiger partial charge is 0.149 e. The number of thiol groups is 1. The lowest BCUT2D eigenvalue weighted by molar-refractivity contribution is -0.121. The predicted molar refractivity (Wildman–Crippen MR) is 80.6 cm³/mol. The summed E-state index contributed by atoms with van der Waals surface area (Å²) in [5.74, 6) is 0.861. The molecule has 1 fully saturated rings. The number of nitrogens with one attached hydrogen (secondary N) is 1. The molecule has 1 atom stereocenters. The van der Waals surface area contributed by atoms with Crippen LogP contribution in [0.5, 0.6) is 0 Å². The van der Waals surface area contributed by atoms with Crippen LogP contribution in [0.3, 0.4) is 0 Å². The normalized spacial score (nSPS) is 25.6. The monoisotopic (exact) mass is 285 g/mol. The zero-order valence-corrected chi connectivity index (χ0v) is 12.5. The Kier molecular flexibility index (Phi) is 9.12. The van der Waals surface area contributed by atoms with Crippen molar-refractivity contribution < 1.29 is 9.59 Å². The number of Topliss-reactive ketones (excluding diaryl/α,β-unsaturated/α-hetero) is 2. The molecule has 5 heteroatoms. The van der Waals surface area contributed by atoms with Gasteiger partial charge in [0.05, 0.1) is 6.04 Å². The molecule has 0 aromatic rings. The van der Waals surface area contributed by atoms with E-state index in [1.165, 1.54) is 0 Å². The molecule has 0 aromatic carbocycles. The van der Waals surface area contributed by atoms with Crippen molar-refractivity contribution in [2.24, 2.45) is 0 Å². The Hall–Kier alpha value is -0.390. The van der Waals surface area contributed by atoms with Crippen molar-refractivity contribution in [1.29, 1.82) is 0 Å². The summed E-state index contributed by atoms with van der Waals surface area (Å²) in [6.07, 6.45) is 7.75. The fraction of sp³-hybridized carbons (Fsp3) is 0.857. The van der Waals surface area contributed by atoms with Gasteiger partial charge in [-0.3, -0.25) is 9.59 Å². The Labute approximate surface area is 121 Å². The second-order valence-corrected chi connectivity index (χ2v) is 5.49. The second kappa shape index (κ2) is 10.4. The van der Waals surface area contributed by atoms with Crippen LogP contribution in [-0.2, 0) is 9.59 Å². The van der Waals surface area contributed by atoms with Crippen molar-refractivity contribution >= 4 is 24.2 Å². The van der Waals surface area contributed by atoms with Gasteiger partial charge in [0.2, 0.25) is 0 Å². The molecular formula is C14H25N2O2S-. The summed E-state index contributed by atoms with van der Waals surface area (Å²) < 4.78 is 0. The Balaban J connectivity index is 2.41. The van der Waals surface area contributed by atoms with Gasteiger partial charge in [0.25, 0.3) is 0 Å². The topological polar surface area (TPSA) is 60.3 Å². The number of carbonyl (C=O) groups excluding carboxylic acids is 2. The third-order valence-electron chi connectivity index (χ3n) is 3.42. The van der Waals surface area contributed by atoms with E-state index in [-0.39, 0.29) is 11.8 Å². The fourth-order valence-electron chi connectivity index (χ4n) is 2.19. The maximum Gasteiger partial charge on any atom is 0.149 e. The van der Waals surface area contributed by atoms with E-state index in [0.717, 1.165) is 38.6 Å². The van der Waals surface area contributed by atoms with Crippen molar-refractivity contribution in [1.82, 2.24) is 5.43 Å². The number of carbonyl (C=O) groups is 2. The highest BCUT2D eigenvalue weighted by Crippen LogP contribution is 2.11. The van der Waals surface area contributed by atoms with Crippen molar-refractivity contribution in [2.75, 3.05) is 12.3 Å². The molecule has 1 heterocycles. The lowest BCUT2D eigenvalue weighted by atomic mass is 10.0. The predicted octanol–water partition coefficient (Wildman–Crippen LogP) is 2.83. The van der Waals surface area contributed by atoms with Crippen LogP contribution in [0.2, 0.25) is 0 Å². The highest BCUT2D eigenvalue weighted by atomic mass is 32.1. The first-order valence-electron chi connectivity index (χ1n) is 7.31. The molecule has 110 valence electrons. The molecule has 0 spiro atoms. The molecule has 0 aromatic heterocycles. The van der Waals surface area contributed by atoms with E-state index in [4.69, 9.17) is 0 Å². The minimum atomic E-state index is -0.302. The van der Waals surface area contributed by atoms with Gasteiger partial charge >= 0.3 is 0 Å². The molecule has 1 saturated heterocycles.